The van der Waals surface area contributed by atoms with Gasteiger partial charge in [-0.25, -0.2) is 9.18 Å². The first-order chi connectivity index (χ1) is 13.5. The molecule has 2 aromatic rings. The molecule has 0 unspecified atom stereocenters. The summed E-state index contributed by atoms with van der Waals surface area (Å²) in [5.41, 5.74) is 0.835. The number of methoxy groups -OCH3 is 1. The summed E-state index contributed by atoms with van der Waals surface area (Å²) in [7, 11) is 1.37. The number of piperazine rings is 1. The van der Waals surface area contributed by atoms with Gasteiger partial charge >= 0.3 is 5.97 Å². The van der Waals surface area contributed by atoms with Crippen molar-refractivity contribution in [2.75, 3.05) is 44.8 Å². The molecule has 1 heterocycles. The predicted octanol–water partition coefficient (Wildman–Crippen LogP) is 2.05. The minimum absolute atomic E-state index is 0.0618. The molecule has 148 valence electrons. The number of ether oxygens (including phenoxy) is 2. The summed E-state index contributed by atoms with van der Waals surface area (Å²) in [4.78, 5) is 28.1. The van der Waals surface area contributed by atoms with Crippen molar-refractivity contribution >= 4 is 17.6 Å². The quantitative estimate of drug-likeness (QED) is 0.790. The number of aromatic hydroxyl groups is 1. The highest BCUT2D eigenvalue weighted by Crippen LogP contribution is 2.29. The van der Waals surface area contributed by atoms with Crippen molar-refractivity contribution in [2.45, 2.75) is 0 Å². The summed E-state index contributed by atoms with van der Waals surface area (Å²) >= 11 is 0. The number of benzene rings is 2. The van der Waals surface area contributed by atoms with Crippen LogP contribution in [0.3, 0.4) is 0 Å². The zero-order valence-corrected chi connectivity index (χ0v) is 15.4. The lowest BCUT2D eigenvalue weighted by Crippen LogP contribution is -2.49. The summed E-state index contributed by atoms with van der Waals surface area (Å²) in [6.07, 6.45) is 0. The van der Waals surface area contributed by atoms with Crippen molar-refractivity contribution < 1.29 is 28.6 Å². The van der Waals surface area contributed by atoms with E-state index in [9.17, 15) is 19.1 Å². The highest BCUT2D eigenvalue weighted by Gasteiger charge is 2.23. The second-order valence-electron chi connectivity index (χ2n) is 6.28. The van der Waals surface area contributed by atoms with Crippen molar-refractivity contribution in [3.05, 3.63) is 53.8 Å². The monoisotopic (exact) mass is 388 g/mol. The molecule has 0 saturated carbocycles. The van der Waals surface area contributed by atoms with Crippen molar-refractivity contribution in [1.29, 1.82) is 0 Å². The van der Waals surface area contributed by atoms with E-state index in [0.29, 0.717) is 26.2 Å². The minimum Gasteiger partial charge on any atom is -0.504 e. The van der Waals surface area contributed by atoms with E-state index in [-0.39, 0.29) is 28.8 Å². The average molecular weight is 388 g/mol. The first kappa shape index (κ1) is 19.5. The van der Waals surface area contributed by atoms with Crippen LogP contribution in [0, 0.1) is 5.82 Å². The van der Waals surface area contributed by atoms with Gasteiger partial charge in [0, 0.05) is 31.9 Å². The Labute approximate surface area is 161 Å². The molecule has 0 aliphatic carbocycles. The summed E-state index contributed by atoms with van der Waals surface area (Å²) in [6, 6.07) is 10.7. The maximum Gasteiger partial charge on any atom is 0.342 e. The standard InChI is InChI=1S/C20H21FN2O5/c1-27-17-4-2-3-16(19(17)25)20(26)28-13-18(24)23-11-9-22(10-12-23)15-7-5-14(21)6-8-15/h2-8,25H,9-13H2,1H3. The van der Waals surface area contributed by atoms with Gasteiger partial charge in [-0.05, 0) is 36.4 Å². The van der Waals surface area contributed by atoms with E-state index in [1.54, 1.807) is 23.1 Å². The lowest BCUT2D eigenvalue weighted by molar-refractivity contribution is -0.134. The van der Waals surface area contributed by atoms with Gasteiger partial charge in [-0.2, -0.15) is 0 Å². The Kier molecular flexibility index (Phi) is 5.98. The van der Waals surface area contributed by atoms with Gasteiger partial charge in [-0.15, -0.1) is 0 Å². The topological polar surface area (TPSA) is 79.3 Å². The van der Waals surface area contributed by atoms with Crippen LogP contribution in [-0.4, -0.2) is 61.8 Å². The Hall–Kier alpha value is -3.29. The van der Waals surface area contributed by atoms with Gasteiger partial charge in [0.05, 0.1) is 7.11 Å². The number of para-hydroxylation sites is 1. The molecule has 0 radical (unpaired) electrons. The van der Waals surface area contributed by atoms with Crippen LogP contribution in [0.2, 0.25) is 0 Å². The summed E-state index contributed by atoms with van der Waals surface area (Å²) in [5, 5.41) is 9.98. The summed E-state index contributed by atoms with van der Waals surface area (Å²) in [5.74, 6) is -1.57. The van der Waals surface area contributed by atoms with Crippen LogP contribution in [0.25, 0.3) is 0 Å². The summed E-state index contributed by atoms with van der Waals surface area (Å²) in [6.45, 7) is 1.73. The van der Waals surface area contributed by atoms with E-state index >= 15 is 0 Å². The Morgan fingerprint density at radius 3 is 2.39 bits per heavy atom. The number of phenols is 1. The van der Waals surface area contributed by atoms with Gasteiger partial charge in [-0.1, -0.05) is 6.07 Å². The first-order valence-electron chi connectivity index (χ1n) is 8.81. The Morgan fingerprint density at radius 2 is 1.75 bits per heavy atom. The molecule has 2 aromatic carbocycles. The number of hydrogen-bond donors (Lipinski definition) is 1. The van der Waals surface area contributed by atoms with E-state index in [0.717, 1.165) is 5.69 Å². The average Bonchev–Trinajstić information content (AvgIpc) is 2.72. The van der Waals surface area contributed by atoms with E-state index in [2.05, 4.69) is 4.90 Å². The van der Waals surface area contributed by atoms with Gasteiger partial charge in [0.2, 0.25) is 0 Å². The Bertz CT molecular complexity index is 848. The molecule has 0 bridgehead atoms. The molecule has 7 nitrogen and oxygen atoms in total. The molecule has 1 saturated heterocycles. The third-order valence-corrected chi connectivity index (χ3v) is 4.59. The van der Waals surface area contributed by atoms with Crippen molar-refractivity contribution in [1.82, 2.24) is 4.90 Å². The Balaban J connectivity index is 1.51. The molecular weight excluding hydrogens is 367 g/mol. The number of phenolic OH excluding ortho intramolecular Hbond substituents is 1. The van der Waals surface area contributed by atoms with Crippen LogP contribution in [-0.2, 0) is 9.53 Å². The molecule has 0 spiro atoms. The second kappa shape index (κ2) is 8.60. The van der Waals surface area contributed by atoms with E-state index in [4.69, 9.17) is 9.47 Å². The third kappa shape index (κ3) is 4.33. The highest BCUT2D eigenvalue weighted by molar-refractivity contribution is 5.94. The maximum atomic E-state index is 13.0. The Morgan fingerprint density at radius 1 is 1.07 bits per heavy atom. The van der Waals surface area contributed by atoms with Crippen LogP contribution < -0.4 is 9.64 Å². The molecule has 1 aliphatic heterocycles. The summed E-state index contributed by atoms with van der Waals surface area (Å²) < 4.78 is 23.0. The number of carbonyl (C=O) groups is 2. The van der Waals surface area contributed by atoms with Gasteiger partial charge in [0.25, 0.3) is 5.91 Å². The minimum atomic E-state index is -0.797. The van der Waals surface area contributed by atoms with Crippen LogP contribution >= 0.6 is 0 Å². The molecule has 3 rings (SSSR count). The van der Waals surface area contributed by atoms with Crippen molar-refractivity contribution in [2.24, 2.45) is 0 Å². The molecule has 1 fully saturated rings. The number of rotatable bonds is 5. The van der Waals surface area contributed by atoms with E-state index in [1.165, 1.54) is 31.4 Å². The number of halogens is 1. The first-order valence-corrected chi connectivity index (χ1v) is 8.81. The number of esters is 1. The molecule has 0 atom stereocenters. The highest BCUT2D eigenvalue weighted by atomic mass is 19.1. The smallest absolute Gasteiger partial charge is 0.342 e. The molecule has 0 aromatic heterocycles. The number of nitrogens with zero attached hydrogens (tertiary/aromatic N) is 2. The van der Waals surface area contributed by atoms with Gasteiger partial charge < -0.3 is 24.4 Å². The van der Waals surface area contributed by atoms with Gasteiger partial charge in [-0.3, -0.25) is 4.79 Å². The van der Waals surface area contributed by atoms with Crippen LogP contribution in [0.5, 0.6) is 11.5 Å². The van der Waals surface area contributed by atoms with E-state index < -0.39 is 12.6 Å². The zero-order chi connectivity index (χ0) is 20.1. The lowest BCUT2D eigenvalue weighted by Gasteiger charge is -2.36. The number of anilines is 1. The fourth-order valence-electron chi connectivity index (χ4n) is 3.01. The van der Waals surface area contributed by atoms with Crippen LogP contribution in [0.4, 0.5) is 10.1 Å². The van der Waals surface area contributed by atoms with Gasteiger partial charge in [0.1, 0.15) is 11.4 Å². The van der Waals surface area contributed by atoms with Crippen molar-refractivity contribution in [3.8, 4) is 11.5 Å². The maximum absolute atomic E-state index is 13.0. The van der Waals surface area contributed by atoms with E-state index in [1.807, 2.05) is 0 Å². The molecule has 1 aliphatic rings. The fourth-order valence-corrected chi connectivity index (χ4v) is 3.01. The van der Waals surface area contributed by atoms with Crippen molar-refractivity contribution in [3.63, 3.8) is 0 Å². The number of carbonyl (C=O) groups excluding carboxylic acids is 2. The fraction of sp³-hybridized carbons (Fsp3) is 0.300. The molecule has 1 N–H and O–H groups in total. The van der Waals surface area contributed by atoms with Crippen LogP contribution in [0.15, 0.2) is 42.5 Å². The molecular formula is C20H21FN2O5. The molecule has 1 amide bonds. The molecule has 28 heavy (non-hydrogen) atoms. The third-order valence-electron chi connectivity index (χ3n) is 4.59. The SMILES string of the molecule is COc1cccc(C(=O)OCC(=O)N2CCN(c3ccc(F)cc3)CC2)c1O. The number of hydrogen-bond acceptors (Lipinski definition) is 6. The van der Waals surface area contributed by atoms with Crippen LogP contribution in [0.1, 0.15) is 10.4 Å². The lowest BCUT2D eigenvalue weighted by atomic mass is 10.2. The normalized spacial score (nSPS) is 13.9. The van der Waals surface area contributed by atoms with Gasteiger partial charge in [0.15, 0.2) is 18.1 Å². The molecule has 8 heteroatoms. The predicted molar refractivity (Wildman–Crippen MR) is 100 cm³/mol. The number of amides is 1. The zero-order valence-electron chi connectivity index (χ0n) is 15.4. The largest absolute Gasteiger partial charge is 0.504 e. The second-order valence-corrected chi connectivity index (χ2v) is 6.28.